The summed E-state index contributed by atoms with van der Waals surface area (Å²) in [4.78, 5) is 13.1. The third-order valence-electron chi connectivity index (χ3n) is 7.23. The van der Waals surface area contributed by atoms with E-state index in [4.69, 9.17) is 8.83 Å². The van der Waals surface area contributed by atoms with Gasteiger partial charge >= 0.3 is 0 Å². The quantitative estimate of drug-likeness (QED) is 0.222. The van der Waals surface area contributed by atoms with E-state index in [9.17, 15) is 17.6 Å². The number of sulfonamides is 1. The highest BCUT2D eigenvalue weighted by Crippen LogP contribution is 2.41. The molecule has 6 rings (SSSR count). The summed E-state index contributed by atoms with van der Waals surface area (Å²) >= 11 is 0. The second kappa shape index (κ2) is 10.5. The summed E-state index contributed by atoms with van der Waals surface area (Å²) in [6.07, 6.45) is 0.813. The minimum atomic E-state index is -3.66. The molecule has 0 spiro atoms. The Labute approximate surface area is 236 Å². The fourth-order valence-corrected chi connectivity index (χ4v) is 5.74. The number of carbonyl (C=O) groups excluding carboxylic acids is 1. The van der Waals surface area contributed by atoms with Crippen molar-refractivity contribution in [3.63, 3.8) is 0 Å². The zero-order valence-corrected chi connectivity index (χ0v) is 23.3. The van der Waals surface area contributed by atoms with E-state index >= 15 is 0 Å². The van der Waals surface area contributed by atoms with Crippen LogP contribution in [0.5, 0.6) is 0 Å². The number of furan rings is 2. The molecule has 210 valence electrons. The summed E-state index contributed by atoms with van der Waals surface area (Å²) in [5.74, 6) is 1.01. The van der Waals surface area contributed by atoms with Crippen molar-refractivity contribution in [2.24, 2.45) is 0 Å². The van der Waals surface area contributed by atoms with Crippen LogP contribution in [0.25, 0.3) is 44.7 Å². The number of amides is 1. The summed E-state index contributed by atoms with van der Waals surface area (Å²) < 4.78 is 54.0. The van der Waals surface area contributed by atoms with Crippen LogP contribution in [0.4, 0.5) is 10.1 Å². The van der Waals surface area contributed by atoms with Gasteiger partial charge in [-0.15, -0.1) is 0 Å². The smallest absolute Gasteiger partial charge is 0.255 e. The molecule has 8 nitrogen and oxygen atoms in total. The molecule has 2 aromatic heterocycles. The van der Waals surface area contributed by atoms with Crippen LogP contribution in [0.3, 0.4) is 0 Å². The van der Waals surface area contributed by atoms with Crippen molar-refractivity contribution >= 4 is 32.6 Å². The van der Waals surface area contributed by atoms with Crippen LogP contribution < -0.4 is 15.4 Å². The summed E-state index contributed by atoms with van der Waals surface area (Å²) in [6.45, 7) is 3.16. The maximum absolute atomic E-state index is 13.7. The molecule has 0 unspecified atom stereocenters. The van der Waals surface area contributed by atoms with Gasteiger partial charge in [0.15, 0.2) is 0 Å². The first-order valence-electron chi connectivity index (χ1n) is 13.3. The fraction of sp³-hybridized carbons (Fsp3) is 0.194. The minimum absolute atomic E-state index is 0.126. The minimum Gasteiger partial charge on any atom is -0.461 e. The van der Waals surface area contributed by atoms with Crippen molar-refractivity contribution in [1.82, 2.24) is 10.6 Å². The number of rotatable bonds is 7. The molecular weight excluding hydrogens is 545 g/mol. The van der Waals surface area contributed by atoms with Crippen LogP contribution in [0.1, 0.15) is 28.6 Å². The Balaban J connectivity index is 1.56. The Morgan fingerprint density at radius 3 is 2.51 bits per heavy atom. The van der Waals surface area contributed by atoms with E-state index in [0.717, 1.165) is 47.7 Å². The molecule has 3 N–H and O–H groups in total. The molecule has 0 bridgehead atoms. The molecule has 41 heavy (non-hydrogen) atoms. The average molecular weight is 574 g/mol. The van der Waals surface area contributed by atoms with Gasteiger partial charge in [-0.3, -0.25) is 9.52 Å². The molecule has 3 heterocycles. The maximum Gasteiger partial charge on any atom is 0.255 e. The third kappa shape index (κ3) is 5.12. The first kappa shape index (κ1) is 26.8. The number of nitrogens with one attached hydrogen (secondary N) is 3. The van der Waals surface area contributed by atoms with E-state index in [1.54, 1.807) is 19.1 Å². The number of fused-ring (bicyclic) bond motifs is 2. The fourth-order valence-electron chi connectivity index (χ4n) is 5.10. The predicted molar refractivity (Wildman–Crippen MR) is 157 cm³/mol. The van der Waals surface area contributed by atoms with Gasteiger partial charge in [0.05, 0.1) is 17.0 Å². The number of halogens is 1. The van der Waals surface area contributed by atoms with Crippen molar-refractivity contribution in [2.75, 3.05) is 24.1 Å². The molecule has 1 aliphatic heterocycles. The zero-order valence-electron chi connectivity index (χ0n) is 22.5. The van der Waals surface area contributed by atoms with Gasteiger partial charge < -0.3 is 19.5 Å². The van der Waals surface area contributed by atoms with E-state index in [1.807, 2.05) is 30.3 Å². The largest absolute Gasteiger partial charge is 0.461 e. The van der Waals surface area contributed by atoms with E-state index in [-0.39, 0.29) is 23.0 Å². The van der Waals surface area contributed by atoms with Gasteiger partial charge in [-0.25, -0.2) is 12.8 Å². The van der Waals surface area contributed by atoms with Crippen molar-refractivity contribution in [1.29, 1.82) is 0 Å². The topological polar surface area (TPSA) is 114 Å². The standard InChI is InChI=1S/C31H28FN3O5S/c1-3-41(37,38)35-25-16-28-24(29(31(36)33-2)30(40-28)18-7-9-22(32)10-8-18)15-23(25)19-5-4-6-20(13-19)27-14-21-17-34-12-11-26(21)39-27/h4-10,13-16,34-35H,3,11-12,17H2,1-2H3,(H,33,36). The van der Waals surface area contributed by atoms with Crippen LogP contribution >= 0.6 is 0 Å². The Morgan fingerprint density at radius 1 is 1.00 bits per heavy atom. The molecular formula is C31H28FN3O5S. The van der Waals surface area contributed by atoms with Gasteiger partial charge in [0.25, 0.3) is 5.91 Å². The Bertz CT molecular complexity index is 1870. The van der Waals surface area contributed by atoms with Crippen molar-refractivity contribution < 1.29 is 26.4 Å². The van der Waals surface area contributed by atoms with E-state index in [0.29, 0.717) is 27.8 Å². The van der Waals surface area contributed by atoms with Gasteiger partial charge in [-0.2, -0.15) is 0 Å². The maximum atomic E-state index is 13.7. The summed E-state index contributed by atoms with van der Waals surface area (Å²) in [7, 11) is -2.14. The molecule has 1 aliphatic rings. The van der Waals surface area contributed by atoms with Crippen LogP contribution in [0.2, 0.25) is 0 Å². The molecule has 0 fully saturated rings. The van der Waals surface area contributed by atoms with Gasteiger partial charge in [0, 0.05) is 60.3 Å². The van der Waals surface area contributed by atoms with Gasteiger partial charge in [0.2, 0.25) is 10.0 Å². The first-order chi connectivity index (χ1) is 19.8. The SMILES string of the molecule is CCS(=O)(=O)Nc1cc2oc(-c3ccc(F)cc3)c(C(=O)NC)c2cc1-c1cccc(-c2cc3c(o2)CCNC3)c1. The second-order valence-electron chi connectivity index (χ2n) is 9.86. The molecule has 0 atom stereocenters. The Kier molecular flexibility index (Phi) is 6.88. The normalized spacial score (nSPS) is 13.2. The van der Waals surface area contributed by atoms with Gasteiger partial charge in [0.1, 0.15) is 28.7 Å². The Morgan fingerprint density at radius 2 is 1.78 bits per heavy atom. The highest BCUT2D eigenvalue weighted by Gasteiger charge is 2.25. The number of benzene rings is 3. The van der Waals surface area contributed by atoms with Crippen molar-refractivity contribution in [3.8, 4) is 33.8 Å². The molecule has 0 aliphatic carbocycles. The van der Waals surface area contributed by atoms with E-state index in [2.05, 4.69) is 15.4 Å². The highest BCUT2D eigenvalue weighted by atomic mass is 32.2. The number of anilines is 1. The Hall–Kier alpha value is -4.41. The summed E-state index contributed by atoms with van der Waals surface area (Å²) in [5, 5.41) is 6.49. The van der Waals surface area contributed by atoms with Gasteiger partial charge in [-0.1, -0.05) is 18.2 Å². The van der Waals surface area contributed by atoms with Crippen LogP contribution in [-0.2, 0) is 23.0 Å². The van der Waals surface area contributed by atoms with Crippen molar-refractivity contribution in [2.45, 2.75) is 19.9 Å². The van der Waals surface area contributed by atoms with Crippen LogP contribution in [-0.4, -0.2) is 33.7 Å². The molecule has 10 heteroatoms. The number of carbonyl (C=O) groups is 1. The lowest BCUT2D eigenvalue weighted by molar-refractivity contribution is 0.0964. The van der Waals surface area contributed by atoms with Crippen LogP contribution in [0, 0.1) is 5.82 Å². The lowest BCUT2D eigenvalue weighted by Gasteiger charge is -2.13. The lowest BCUT2D eigenvalue weighted by Crippen LogP contribution is -2.22. The molecule has 0 saturated carbocycles. The molecule has 0 saturated heterocycles. The predicted octanol–water partition coefficient (Wildman–Crippen LogP) is 5.93. The van der Waals surface area contributed by atoms with Crippen molar-refractivity contribution in [3.05, 3.63) is 89.4 Å². The monoisotopic (exact) mass is 573 g/mol. The highest BCUT2D eigenvalue weighted by molar-refractivity contribution is 7.92. The lowest BCUT2D eigenvalue weighted by atomic mass is 9.97. The molecule has 5 aromatic rings. The van der Waals surface area contributed by atoms with E-state index in [1.165, 1.54) is 31.3 Å². The first-order valence-corrected chi connectivity index (χ1v) is 14.9. The van der Waals surface area contributed by atoms with Gasteiger partial charge in [-0.05, 0) is 55.0 Å². The molecule has 1 amide bonds. The second-order valence-corrected chi connectivity index (χ2v) is 11.9. The average Bonchev–Trinajstić information content (AvgIpc) is 3.58. The molecule has 3 aromatic carbocycles. The third-order valence-corrected chi connectivity index (χ3v) is 8.52. The molecule has 0 radical (unpaired) electrons. The van der Waals surface area contributed by atoms with E-state index < -0.39 is 15.8 Å². The summed E-state index contributed by atoms with van der Waals surface area (Å²) in [5.41, 5.74) is 4.64. The van der Waals surface area contributed by atoms with Crippen LogP contribution in [0.15, 0.2) is 75.6 Å². The summed E-state index contributed by atoms with van der Waals surface area (Å²) in [6, 6.07) is 18.6. The number of hydrogen-bond acceptors (Lipinski definition) is 6. The number of hydrogen-bond donors (Lipinski definition) is 3. The zero-order chi connectivity index (χ0) is 28.7.